The van der Waals surface area contributed by atoms with Crippen molar-refractivity contribution in [2.75, 3.05) is 6.61 Å². The molecule has 0 saturated heterocycles. The van der Waals surface area contributed by atoms with Gasteiger partial charge in [-0.25, -0.2) is 4.98 Å². The highest BCUT2D eigenvalue weighted by molar-refractivity contribution is 7.11. The summed E-state index contributed by atoms with van der Waals surface area (Å²) in [4.78, 5) is 16.2. The van der Waals surface area contributed by atoms with Crippen LogP contribution in [-0.4, -0.2) is 22.7 Å². The van der Waals surface area contributed by atoms with Gasteiger partial charge in [-0.05, 0) is 44.4 Å². The maximum atomic E-state index is 10.6. The third-order valence-electron chi connectivity index (χ3n) is 3.42. The van der Waals surface area contributed by atoms with Crippen LogP contribution in [0.2, 0.25) is 0 Å². The summed E-state index contributed by atoms with van der Waals surface area (Å²) in [7, 11) is 0. The average molecular weight is 319 g/mol. The number of thiazole rings is 1. The van der Waals surface area contributed by atoms with Crippen LogP contribution in [0, 0.1) is 20.8 Å². The third-order valence-corrected chi connectivity index (χ3v) is 4.70. The molecule has 0 aliphatic rings. The van der Waals surface area contributed by atoms with Gasteiger partial charge in [-0.2, -0.15) is 0 Å². The lowest BCUT2D eigenvalue weighted by molar-refractivity contribution is -0.136. The summed E-state index contributed by atoms with van der Waals surface area (Å²) < 4.78 is 5.84. The third kappa shape index (κ3) is 4.56. The molecule has 0 atom stereocenters. The Morgan fingerprint density at radius 1 is 1.27 bits per heavy atom. The number of hydrogen-bond donors (Lipinski definition) is 1. The lowest BCUT2D eigenvalue weighted by Gasteiger charge is -2.08. The van der Waals surface area contributed by atoms with Crippen LogP contribution in [0.15, 0.2) is 18.2 Å². The number of nitrogens with zero attached hydrogens (tertiary/aromatic N) is 1. The van der Waals surface area contributed by atoms with Crippen molar-refractivity contribution in [3.8, 4) is 5.75 Å². The Hall–Kier alpha value is -1.88. The normalized spacial score (nSPS) is 10.7. The first-order valence-corrected chi connectivity index (χ1v) is 8.14. The Morgan fingerprint density at radius 2 is 2.05 bits per heavy atom. The number of carboxylic acid groups (broad SMARTS) is 1. The zero-order chi connectivity index (χ0) is 16.1. The largest absolute Gasteiger partial charge is 0.493 e. The predicted octanol–water partition coefficient (Wildman–Crippen LogP) is 3.71. The smallest absolute Gasteiger partial charge is 0.303 e. The summed E-state index contributed by atoms with van der Waals surface area (Å²) in [5.41, 5.74) is 3.25. The number of aliphatic carboxylic acids is 1. The van der Waals surface area contributed by atoms with Crippen LogP contribution in [0.25, 0.3) is 0 Å². The lowest BCUT2D eigenvalue weighted by Crippen LogP contribution is -2.02. The Labute approximate surface area is 134 Å². The molecule has 5 heteroatoms. The zero-order valence-electron chi connectivity index (χ0n) is 13.2. The first-order valence-electron chi connectivity index (χ1n) is 7.32. The van der Waals surface area contributed by atoms with Gasteiger partial charge < -0.3 is 9.84 Å². The highest BCUT2D eigenvalue weighted by Gasteiger charge is 2.10. The predicted molar refractivity (Wildman–Crippen MR) is 87.9 cm³/mol. The molecule has 2 aromatic rings. The molecule has 1 aromatic carbocycles. The van der Waals surface area contributed by atoms with Crippen molar-refractivity contribution in [1.82, 2.24) is 4.98 Å². The molecule has 0 aliphatic heterocycles. The summed E-state index contributed by atoms with van der Waals surface area (Å²) >= 11 is 1.59. The molecule has 22 heavy (non-hydrogen) atoms. The molecule has 0 radical (unpaired) electrons. The van der Waals surface area contributed by atoms with Crippen LogP contribution in [0.3, 0.4) is 0 Å². The second-order valence-corrected chi connectivity index (χ2v) is 6.55. The van der Waals surface area contributed by atoms with Crippen LogP contribution < -0.4 is 4.74 Å². The molecular weight excluding hydrogens is 298 g/mol. The van der Waals surface area contributed by atoms with Gasteiger partial charge in [0.1, 0.15) is 5.75 Å². The molecule has 2 rings (SSSR count). The number of aryl methyl sites for hydroxylation is 4. The zero-order valence-corrected chi connectivity index (χ0v) is 14.0. The molecule has 1 aromatic heterocycles. The van der Waals surface area contributed by atoms with E-state index >= 15 is 0 Å². The minimum Gasteiger partial charge on any atom is -0.493 e. The Balaban J connectivity index is 1.90. The topological polar surface area (TPSA) is 59.4 Å². The Bertz CT molecular complexity index is 664. The number of carbonyl (C=O) groups is 1. The molecule has 1 heterocycles. The molecule has 0 bridgehead atoms. The van der Waals surface area contributed by atoms with Gasteiger partial charge in [-0.15, -0.1) is 11.3 Å². The van der Waals surface area contributed by atoms with E-state index < -0.39 is 5.97 Å². The molecule has 118 valence electrons. The maximum absolute atomic E-state index is 10.6. The number of benzene rings is 1. The van der Waals surface area contributed by atoms with E-state index in [1.165, 1.54) is 5.56 Å². The lowest BCUT2D eigenvalue weighted by atomic mass is 10.1. The molecule has 0 aliphatic carbocycles. The Morgan fingerprint density at radius 3 is 2.77 bits per heavy atom. The molecule has 4 nitrogen and oxygen atoms in total. The average Bonchev–Trinajstić information content (AvgIpc) is 2.81. The summed E-state index contributed by atoms with van der Waals surface area (Å²) in [6, 6.07) is 6.17. The fourth-order valence-corrected chi connectivity index (χ4v) is 3.21. The van der Waals surface area contributed by atoms with Gasteiger partial charge in [-0.1, -0.05) is 12.1 Å². The molecule has 0 unspecified atom stereocenters. The van der Waals surface area contributed by atoms with Crippen LogP contribution in [-0.2, 0) is 17.6 Å². The van der Waals surface area contributed by atoms with Gasteiger partial charge in [0.05, 0.1) is 23.7 Å². The summed E-state index contributed by atoms with van der Waals surface area (Å²) in [6.45, 7) is 6.59. The Kier molecular flexibility index (Phi) is 5.55. The van der Waals surface area contributed by atoms with Crippen molar-refractivity contribution in [3.63, 3.8) is 0 Å². The van der Waals surface area contributed by atoms with E-state index in [2.05, 4.69) is 17.1 Å². The van der Waals surface area contributed by atoms with Crippen LogP contribution in [0.4, 0.5) is 0 Å². The maximum Gasteiger partial charge on any atom is 0.303 e. The van der Waals surface area contributed by atoms with E-state index in [0.717, 1.165) is 33.3 Å². The van der Waals surface area contributed by atoms with Crippen molar-refractivity contribution < 1.29 is 14.6 Å². The van der Waals surface area contributed by atoms with E-state index in [9.17, 15) is 4.79 Å². The van der Waals surface area contributed by atoms with Crippen LogP contribution in [0.1, 0.15) is 33.1 Å². The highest BCUT2D eigenvalue weighted by Crippen LogP contribution is 2.22. The molecule has 0 fully saturated rings. The number of rotatable bonds is 7. The fourth-order valence-electron chi connectivity index (χ4n) is 2.16. The molecule has 1 N–H and O–H groups in total. The van der Waals surface area contributed by atoms with Crippen molar-refractivity contribution >= 4 is 17.3 Å². The van der Waals surface area contributed by atoms with Gasteiger partial charge in [0.25, 0.3) is 0 Å². The van der Waals surface area contributed by atoms with Crippen molar-refractivity contribution in [2.24, 2.45) is 0 Å². The van der Waals surface area contributed by atoms with Gasteiger partial charge in [0.2, 0.25) is 0 Å². The number of hydrogen-bond acceptors (Lipinski definition) is 4. The molecular formula is C17H21NO3S. The van der Waals surface area contributed by atoms with E-state index in [0.29, 0.717) is 13.0 Å². The molecule has 0 saturated carbocycles. The molecule has 0 spiro atoms. The standard InChI is InChI=1S/C17H21NO3S/c1-11-4-5-12(2)14(10-11)21-9-8-16-18-13(3)15(22-16)6-7-17(19)20/h4-5,10H,6-9H2,1-3H3,(H,19,20). The van der Waals surface area contributed by atoms with Crippen LogP contribution >= 0.6 is 11.3 Å². The summed E-state index contributed by atoms with van der Waals surface area (Å²) in [5, 5.41) is 9.76. The minimum atomic E-state index is -0.771. The fraction of sp³-hybridized carbons (Fsp3) is 0.412. The first kappa shape index (κ1) is 16.5. The van der Waals surface area contributed by atoms with Gasteiger partial charge in [0.15, 0.2) is 0 Å². The SMILES string of the molecule is Cc1ccc(C)c(OCCc2nc(C)c(CCC(=O)O)s2)c1. The number of ether oxygens (including phenoxy) is 1. The number of aromatic nitrogens is 1. The quantitative estimate of drug-likeness (QED) is 0.845. The minimum absolute atomic E-state index is 0.154. The van der Waals surface area contributed by atoms with Gasteiger partial charge >= 0.3 is 5.97 Å². The van der Waals surface area contributed by atoms with Gasteiger partial charge in [0, 0.05) is 11.3 Å². The summed E-state index contributed by atoms with van der Waals surface area (Å²) in [6.07, 6.45) is 1.45. The van der Waals surface area contributed by atoms with Gasteiger partial charge in [-0.3, -0.25) is 4.79 Å². The van der Waals surface area contributed by atoms with E-state index in [4.69, 9.17) is 9.84 Å². The monoisotopic (exact) mass is 319 g/mol. The summed E-state index contributed by atoms with van der Waals surface area (Å²) in [5.74, 6) is 0.145. The number of carboxylic acids is 1. The highest BCUT2D eigenvalue weighted by atomic mass is 32.1. The van der Waals surface area contributed by atoms with E-state index in [1.54, 1.807) is 11.3 Å². The van der Waals surface area contributed by atoms with E-state index in [-0.39, 0.29) is 6.42 Å². The van der Waals surface area contributed by atoms with E-state index in [1.807, 2.05) is 26.8 Å². The second kappa shape index (κ2) is 7.40. The van der Waals surface area contributed by atoms with Crippen LogP contribution in [0.5, 0.6) is 5.75 Å². The van der Waals surface area contributed by atoms with Crippen molar-refractivity contribution in [1.29, 1.82) is 0 Å². The first-order chi connectivity index (χ1) is 10.5. The van der Waals surface area contributed by atoms with Crippen molar-refractivity contribution in [3.05, 3.63) is 44.9 Å². The molecule has 0 amide bonds. The second-order valence-electron chi connectivity index (χ2n) is 5.38. The van der Waals surface area contributed by atoms with Crippen molar-refractivity contribution in [2.45, 2.75) is 40.0 Å².